The highest BCUT2D eigenvalue weighted by Crippen LogP contribution is 2.27. The number of rotatable bonds is 3. The van der Waals surface area contributed by atoms with Crippen molar-refractivity contribution in [1.29, 1.82) is 5.26 Å². The van der Waals surface area contributed by atoms with Crippen LogP contribution in [0.4, 0.5) is 22.0 Å². The summed E-state index contributed by atoms with van der Waals surface area (Å²) in [5.41, 5.74) is 0.0509. The van der Waals surface area contributed by atoms with Gasteiger partial charge in [0.15, 0.2) is 17.4 Å². The van der Waals surface area contributed by atoms with Gasteiger partial charge in [0.25, 0.3) is 0 Å². The third-order valence-corrected chi connectivity index (χ3v) is 2.54. The third kappa shape index (κ3) is 3.11. The number of hydrogen-bond donors (Lipinski definition) is 0. The molecule has 2 aromatic rings. The summed E-state index contributed by atoms with van der Waals surface area (Å²) >= 11 is 0. The number of hydrogen-bond acceptors (Lipinski definition) is 2. The summed E-state index contributed by atoms with van der Waals surface area (Å²) in [4.78, 5) is 0. The first-order valence-corrected chi connectivity index (χ1v) is 5.57. The Kier molecular flexibility index (Phi) is 4.08. The normalized spacial score (nSPS) is 10.3. The Hall–Kier alpha value is -2.62. The van der Waals surface area contributed by atoms with Crippen LogP contribution in [0.25, 0.3) is 0 Å². The summed E-state index contributed by atoms with van der Waals surface area (Å²) in [5, 5.41) is 8.66. The Morgan fingerprint density at radius 3 is 2.10 bits per heavy atom. The van der Waals surface area contributed by atoms with E-state index in [9.17, 15) is 22.0 Å². The minimum atomic E-state index is -1.69. The van der Waals surface area contributed by atoms with Crippen molar-refractivity contribution >= 4 is 0 Å². The molecule has 0 saturated heterocycles. The van der Waals surface area contributed by atoms with Gasteiger partial charge < -0.3 is 4.74 Å². The Morgan fingerprint density at radius 2 is 1.52 bits per heavy atom. The van der Waals surface area contributed by atoms with E-state index in [0.29, 0.717) is 0 Å². The lowest BCUT2D eigenvalue weighted by Gasteiger charge is -2.09. The fourth-order valence-corrected chi connectivity index (χ4v) is 1.63. The van der Waals surface area contributed by atoms with Crippen LogP contribution in [0.15, 0.2) is 24.3 Å². The molecule has 0 aliphatic carbocycles. The second-order valence-electron chi connectivity index (χ2n) is 4.05. The fraction of sp³-hybridized carbons (Fsp3) is 0.0714. The predicted molar refractivity (Wildman–Crippen MR) is 61.7 cm³/mol. The molecule has 7 heteroatoms. The molecule has 0 N–H and O–H groups in total. The van der Waals surface area contributed by atoms with E-state index in [1.807, 2.05) is 0 Å². The third-order valence-electron chi connectivity index (χ3n) is 2.54. The summed E-state index contributed by atoms with van der Waals surface area (Å²) in [5.74, 6) is -8.59. The molecular weight excluding hydrogens is 293 g/mol. The van der Waals surface area contributed by atoms with Crippen molar-refractivity contribution in [2.45, 2.75) is 6.61 Å². The molecule has 0 atom stereocenters. The van der Waals surface area contributed by atoms with Crippen LogP contribution in [0.1, 0.15) is 11.1 Å². The van der Waals surface area contributed by atoms with E-state index in [0.717, 1.165) is 12.1 Å². The summed E-state index contributed by atoms with van der Waals surface area (Å²) < 4.78 is 70.4. The molecule has 0 fully saturated rings. The lowest BCUT2D eigenvalue weighted by molar-refractivity contribution is 0.261. The Bertz CT molecular complexity index is 713. The highest BCUT2D eigenvalue weighted by Gasteiger charge is 2.20. The van der Waals surface area contributed by atoms with Crippen LogP contribution in [0.2, 0.25) is 0 Å². The summed E-state index contributed by atoms with van der Waals surface area (Å²) in [6, 6.07) is 4.87. The molecule has 108 valence electrons. The van der Waals surface area contributed by atoms with Gasteiger partial charge in [-0.05, 0) is 23.8 Å². The average molecular weight is 299 g/mol. The second-order valence-corrected chi connectivity index (χ2v) is 4.05. The molecule has 0 amide bonds. The van der Waals surface area contributed by atoms with E-state index in [1.54, 1.807) is 6.07 Å². The van der Waals surface area contributed by atoms with Crippen molar-refractivity contribution < 1.29 is 26.7 Å². The van der Waals surface area contributed by atoms with Gasteiger partial charge in [0.05, 0.1) is 11.6 Å². The van der Waals surface area contributed by atoms with Crippen LogP contribution >= 0.6 is 0 Å². The molecule has 21 heavy (non-hydrogen) atoms. The quantitative estimate of drug-likeness (QED) is 0.637. The van der Waals surface area contributed by atoms with E-state index in [-0.39, 0.29) is 17.2 Å². The van der Waals surface area contributed by atoms with Gasteiger partial charge in [0.2, 0.25) is 11.6 Å². The van der Waals surface area contributed by atoms with Gasteiger partial charge in [-0.15, -0.1) is 0 Å². The van der Waals surface area contributed by atoms with Gasteiger partial charge in [-0.1, -0.05) is 0 Å². The smallest absolute Gasteiger partial charge is 0.203 e. The van der Waals surface area contributed by atoms with Crippen LogP contribution in [-0.2, 0) is 6.61 Å². The highest BCUT2D eigenvalue weighted by atomic mass is 19.2. The average Bonchev–Trinajstić information content (AvgIpc) is 2.44. The first-order valence-electron chi connectivity index (χ1n) is 5.57. The number of nitrogens with zero attached hydrogens (tertiary/aromatic N) is 1. The van der Waals surface area contributed by atoms with E-state index in [4.69, 9.17) is 5.26 Å². The van der Waals surface area contributed by atoms with Crippen LogP contribution in [0, 0.1) is 40.4 Å². The van der Waals surface area contributed by atoms with Crippen molar-refractivity contribution in [1.82, 2.24) is 0 Å². The lowest BCUT2D eigenvalue weighted by Crippen LogP contribution is -2.04. The molecule has 2 rings (SSSR count). The molecule has 0 aliphatic heterocycles. The molecule has 0 radical (unpaired) electrons. The lowest BCUT2D eigenvalue weighted by atomic mass is 10.1. The van der Waals surface area contributed by atoms with Gasteiger partial charge in [-0.2, -0.15) is 14.0 Å². The van der Waals surface area contributed by atoms with E-state index in [1.165, 1.54) is 6.07 Å². The van der Waals surface area contributed by atoms with Crippen molar-refractivity contribution in [2.24, 2.45) is 0 Å². The zero-order chi connectivity index (χ0) is 15.6. The zero-order valence-electron chi connectivity index (χ0n) is 10.3. The largest absolute Gasteiger partial charge is 0.483 e. The molecule has 0 bridgehead atoms. The summed E-state index contributed by atoms with van der Waals surface area (Å²) in [6.45, 7) is -0.566. The molecular formula is C14H6F5NO. The molecule has 2 aromatic carbocycles. The van der Waals surface area contributed by atoms with Crippen LogP contribution in [-0.4, -0.2) is 0 Å². The molecule has 0 heterocycles. The first-order chi connectivity index (χ1) is 9.92. The molecule has 0 aliphatic rings. The number of halogens is 5. The molecule has 0 unspecified atom stereocenters. The van der Waals surface area contributed by atoms with E-state index < -0.39 is 41.4 Å². The van der Waals surface area contributed by atoms with Crippen molar-refractivity contribution in [3.63, 3.8) is 0 Å². The number of benzene rings is 2. The van der Waals surface area contributed by atoms with Gasteiger partial charge in [0, 0.05) is 6.07 Å². The van der Waals surface area contributed by atoms with Crippen molar-refractivity contribution in [3.05, 3.63) is 64.5 Å². The molecule has 2 nitrogen and oxygen atoms in total. The van der Waals surface area contributed by atoms with Crippen molar-refractivity contribution in [3.8, 4) is 11.8 Å². The summed E-state index contributed by atoms with van der Waals surface area (Å²) in [7, 11) is 0. The van der Waals surface area contributed by atoms with Crippen molar-refractivity contribution in [2.75, 3.05) is 0 Å². The fourth-order valence-electron chi connectivity index (χ4n) is 1.63. The highest BCUT2D eigenvalue weighted by molar-refractivity contribution is 5.34. The maximum absolute atomic E-state index is 13.3. The van der Waals surface area contributed by atoms with Gasteiger partial charge >= 0.3 is 0 Å². The Balaban J connectivity index is 2.29. The topological polar surface area (TPSA) is 33.0 Å². The van der Waals surface area contributed by atoms with Gasteiger partial charge in [-0.3, -0.25) is 0 Å². The Labute approximate surface area is 116 Å². The SMILES string of the molecule is N#Cc1cc(F)cc(COc2c(F)c(F)cc(F)c2F)c1. The predicted octanol–water partition coefficient (Wildman–Crippen LogP) is 3.83. The minimum absolute atomic E-state index is 0.0278. The van der Waals surface area contributed by atoms with Crippen LogP contribution in [0.3, 0.4) is 0 Å². The van der Waals surface area contributed by atoms with Gasteiger partial charge in [0.1, 0.15) is 12.4 Å². The molecule has 0 saturated carbocycles. The van der Waals surface area contributed by atoms with Crippen LogP contribution in [0.5, 0.6) is 5.75 Å². The monoisotopic (exact) mass is 299 g/mol. The maximum atomic E-state index is 13.3. The van der Waals surface area contributed by atoms with E-state index in [2.05, 4.69) is 4.74 Å². The standard InChI is InChI=1S/C14H6F5NO/c15-9-2-7(5-20)1-8(3-9)6-21-14-12(18)10(16)4-11(17)13(14)19/h1-4H,6H2. The number of nitriles is 1. The Morgan fingerprint density at radius 1 is 0.905 bits per heavy atom. The van der Waals surface area contributed by atoms with Crippen LogP contribution < -0.4 is 4.74 Å². The van der Waals surface area contributed by atoms with Gasteiger partial charge in [-0.25, -0.2) is 13.2 Å². The maximum Gasteiger partial charge on any atom is 0.203 e. The first kappa shape index (κ1) is 14.8. The zero-order valence-corrected chi connectivity index (χ0v) is 10.3. The second kappa shape index (κ2) is 5.79. The minimum Gasteiger partial charge on any atom is -0.483 e. The van der Waals surface area contributed by atoms with E-state index >= 15 is 0 Å². The summed E-state index contributed by atoms with van der Waals surface area (Å²) in [6.07, 6.45) is 0. The molecule has 0 aromatic heterocycles. The number of ether oxygens (including phenoxy) is 1. The molecule has 0 spiro atoms.